The van der Waals surface area contributed by atoms with Crippen LogP contribution in [-0.2, 0) is 4.74 Å². The Bertz CT molecular complexity index is 1150. The van der Waals surface area contributed by atoms with Crippen LogP contribution in [0, 0.1) is 0 Å². The Labute approximate surface area is 214 Å². The van der Waals surface area contributed by atoms with Gasteiger partial charge < -0.3 is 29.7 Å². The molecule has 0 saturated carbocycles. The van der Waals surface area contributed by atoms with Crippen LogP contribution in [-0.4, -0.2) is 98.7 Å². The Balaban J connectivity index is 1.24. The lowest BCUT2D eigenvalue weighted by Crippen LogP contribution is -2.38. The summed E-state index contributed by atoms with van der Waals surface area (Å²) in [6.45, 7) is 8.34. The van der Waals surface area contributed by atoms with E-state index < -0.39 is 6.17 Å². The van der Waals surface area contributed by atoms with E-state index in [1.54, 1.807) is 18.8 Å². The molecule has 1 amide bonds. The average molecular weight is 514 g/mol. The maximum absolute atomic E-state index is 12.7. The van der Waals surface area contributed by atoms with E-state index in [9.17, 15) is 4.79 Å². The minimum Gasteiger partial charge on any atom is -0.491 e. The van der Waals surface area contributed by atoms with Crippen molar-refractivity contribution < 1.29 is 19.0 Å². The predicted octanol–water partition coefficient (Wildman–Crippen LogP) is 2.18. The van der Waals surface area contributed by atoms with Crippen LogP contribution in [0.4, 0.5) is 10.8 Å². The van der Waals surface area contributed by atoms with Crippen molar-refractivity contribution >= 4 is 40.2 Å². The zero-order valence-electron chi connectivity index (χ0n) is 20.5. The van der Waals surface area contributed by atoms with Crippen LogP contribution in [0.5, 0.6) is 11.5 Å². The highest BCUT2D eigenvalue weighted by atomic mass is 32.1. The molecule has 1 fully saturated rings. The lowest BCUT2D eigenvalue weighted by Gasteiger charge is -2.26. The van der Waals surface area contributed by atoms with Crippen molar-refractivity contribution in [2.24, 2.45) is 9.98 Å². The smallest absolute Gasteiger partial charge is 0.272 e. The fraction of sp³-hybridized carbons (Fsp3) is 0.500. The van der Waals surface area contributed by atoms with E-state index in [4.69, 9.17) is 19.2 Å². The second-order valence-electron chi connectivity index (χ2n) is 8.56. The van der Waals surface area contributed by atoms with Crippen molar-refractivity contribution in [1.82, 2.24) is 20.1 Å². The molecular weight excluding hydrogens is 482 g/mol. The Morgan fingerprint density at radius 2 is 2.17 bits per heavy atom. The molecule has 1 atom stereocenters. The molecule has 5 rings (SSSR count). The van der Waals surface area contributed by atoms with Gasteiger partial charge in [-0.1, -0.05) is 0 Å². The Kier molecular flexibility index (Phi) is 7.63. The van der Waals surface area contributed by atoms with Gasteiger partial charge in [0.1, 0.15) is 23.4 Å². The summed E-state index contributed by atoms with van der Waals surface area (Å²) in [7, 11) is 1.62. The van der Waals surface area contributed by atoms with Crippen molar-refractivity contribution in [2.45, 2.75) is 19.5 Å². The first kappa shape index (κ1) is 24.5. The number of morpholine rings is 1. The zero-order valence-corrected chi connectivity index (χ0v) is 21.3. The van der Waals surface area contributed by atoms with Crippen LogP contribution in [0.1, 0.15) is 29.4 Å². The van der Waals surface area contributed by atoms with Gasteiger partial charge in [-0.25, -0.2) is 15.0 Å². The number of carbonyl (C=O) groups excluding carboxylic acids is 1. The summed E-state index contributed by atoms with van der Waals surface area (Å²) in [4.78, 5) is 30.7. The second-order valence-corrected chi connectivity index (χ2v) is 9.41. The number of fused-ring (bicyclic) bond motifs is 3. The van der Waals surface area contributed by atoms with E-state index in [1.807, 2.05) is 24.0 Å². The van der Waals surface area contributed by atoms with E-state index in [-0.39, 0.29) is 5.91 Å². The third kappa shape index (κ3) is 5.30. The zero-order chi connectivity index (χ0) is 24.9. The molecule has 11 nitrogen and oxygen atoms in total. The van der Waals surface area contributed by atoms with E-state index in [0.717, 1.165) is 62.3 Å². The van der Waals surface area contributed by atoms with Gasteiger partial charge in [0.15, 0.2) is 16.6 Å². The molecule has 0 aliphatic carbocycles. The Morgan fingerprint density at radius 1 is 1.31 bits per heavy atom. The number of nitrogens with zero attached hydrogens (tertiary/aromatic N) is 5. The number of benzene rings is 1. The number of anilines is 1. The Hall–Kier alpha value is -3.22. The van der Waals surface area contributed by atoms with Crippen molar-refractivity contribution in [3.05, 3.63) is 28.8 Å². The Morgan fingerprint density at radius 3 is 2.97 bits per heavy atom. The van der Waals surface area contributed by atoms with Gasteiger partial charge in [-0.05, 0) is 25.5 Å². The topological polar surface area (TPSA) is 113 Å². The third-order valence-electron chi connectivity index (χ3n) is 6.13. The number of hydrogen-bond acceptors (Lipinski definition) is 11. The number of ether oxygens (including phenoxy) is 3. The number of rotatable bonds is 10. The summed E-state index contributed by atoms with van der Waals surface area (Å²) in [6, 6.07) is 3.85. The first-order valence-corrected chi connectivity index (χ1v) is 13.1. The number of aliphatic imine (C=N–C) groups is 2. The summed E-state index contributed by atoms with van der Waals surface area (Å²) >= 11 is 1.41. The van der Waals surface area contributed by atoms with Crippen LogP contribution in [0.25, 0.3) is 0 Å². The van der Waals surface area contributed by atoms with Crippen LogP contribution >= 0.6 is 11.3 Å². The van der Waals surface area contributed by atoms with E-state index in [0.29, 0.717) is 36.0 Å². The predicted molar refractivity (Wildman–Crippen MR) is 139 cm³/mol. The van der Waals surface area contributed by atoms with Crippen molar-refractivity contribution in [2.75, 3.05) is 65.0 Å². The second kappa shape index (κ2) is 11.2. The minimum absolute atomic E-state index is 0.250. The molecule has 3 aliphatic rings. The number of methoxy groups -OCH3 is 1. The molecule has 3 aliphatic heterocycles. The molecule has 0 spiro atoms. The van der Waals surface area contributed by atoms with E-state index >= 15 is 0 Å². The first-order valence-electron chi connectivity index (χ1n) is 12.2. The molecule has 1 aromatic heterocycles. The standard InChI is InChI=1S/C24H31N7O4S/c1-3-25-24-27-17(14-36-24)23(32)29-19-13-31-15-26-20-16(22(31)28-19)5-6-18(21(20)33-2)35-10-4-7-30-8-11-34-12-9-30/h5-6,14-15,19H,3-4,7-13H2,1-2H3,(H,25,27)(H,29,32). The molecule has 4 heterocycles. The van der Waals surface area contributed by atoms with Gasteiger partial charge in [-0.15, -0.1) is 11.3 Å². The van der Waals surface area contributed by atoms with Crippen molar-refractivity contribution in [3.63, 3.8) is 0 Å². The van der Waals surface area contributed by atoms with Gasteiger partial charge in [0.2, 0.25) is 0 Å². The lowest BCUT2D eigenvalue weighted by molar-refractivity contribution is 0.0357. The van der Waals surface area contributed by atoms with Gasteiger partial charge in [0.05, 0.1) is 39.8 Å². The molecule has 1 unspecified atom stereocenters. The first-order chi connectivity index (χ1) is 17.7. The summed E-state index contributed by atoms with van der Waals surface area (Å²) in [5.41, 5.74) is 1.90. The SMILES string of the molecule is CCNc1nc(C(=O)NC2CN3C=Nc4c(ccc(OCCCN5CCOCC5)c4OC)C3=N2)cs1. The van der Waals surface area contributed by atoms with Gasteiger partial charge in [-0.3, -0.25) is 9.69 Å². The molecule has 2 N–H and O–H groups in total. The number of nitrogens with one attached hydrogen (secondary N) is 2. The van der Waals surface area contributed by atoms with Crippen LogP contribution < -0.4 is 20.1 Å². The average Bonchev–Trinajstić information content (AvgIpc) is 3.54. The van der Waals surface area contributed by atoms with Gasteiger partial charge in [0, 0.05) is 37.1 Å². The largest absolute Gasteiger partial charge is 0.491 e. The van der Waals surface area contributed by atoms with Gasteiger partial charge in [-0.2, -0.15) is 0 Å². The fourth-order valence-electron chi connectivity index (χ4n) is 4.37. The molecular formula is C24H31N7O4S. The highest BCUT2D eigenvalue weighted by Gasteiger charge is 2.32. The molecule has 192 valence electrons. The molecule has 1 aromatic carbocycles. The van der Waals surface area contributed by atoms with Crippen LogP contribution in [0.2, 0.25) is 0 Å². The maximum Gasteiger partial charge on any atom is 0.272 e. The number of carbonyl (C=O) groups is 1. The third-order valence-corrected chi connectivity index (χ3v) is 6.93. The summed E-state index contributed by atoms with van der Waals surface area (Å²) < 4.78 is 17.2. The highest BCUT2D eigenvalue weighted by Crippen LogP contribution is 2.42. The van der Waals surface area contributed by atoms with Crippen LogP contribution in [0.3, 0.4) is 0 Å². The van der Waals surface area contributed by atoms with Crippen molar-refractivity contribution in [1.29, 1.82) is 0 Å². The lowest BCUT2D eigenvalue weighted by atomic mass is 10.1. The highest BCUT2D eigenvalue weighted by molar-refractivity contribution is 7.13. The summed E-state index contributed by atoms with van der Waals surface area (Å²) in [6.07, 6.45) is 2.24. The van der Waals surface area contributed by atoms with Crippen LogP contribution in [0.15, 0.2) is 27.5 Å². The molecule has 0 radical (unpaired) electrons. The van der Waals surface area contributed by atoms with Crippen molar-refractivity contribution in [3.8, 4) is 11.5 Å². The quantitative estimate of drug-likeness (QED) is 0.465. The number of aromatic nitrogens is 1. The number of thiazole rings is 1. The van der Waals surface area contributed by atoms with Gasteiger partial charge >= 0.3 is 0 Å². The maximum atomic E-state index is 12.7. The van der Waals surface area contributed by atoms with E-state index in [1.165, 1.54) is 11.3 Å². The number of amidine groups is 1. The normalized spacial score (nSPS) is 18.9. The molecule has 2 aromatic rings. The van der Waals surface area contributed by atoms with Gasteiger partial charge in [0.25, 0.3) is 5.91 Å². The molecule has 12 heteroatoms. The van der Waals surface area contributed by atoms with E-state index in [2.05, 4.69) is 25.5 Å². The fourth-order valence-corrected chi connectivity index (χ4v) is 5.13. The summed E-state index contributed by atoms with van der Waals surface area (Å²) in [5.74, 6) is 1.74. The number of amides is 1. The monoisotopic (exact) mass is 513 g/mol. The molecule has 0 bridgehead atoms. The minimum atomic E-state index is -0.406. The molecule has 1 saturated heterocycles. The summed E-state index contributed by atoms with van der Waals surface area (Å²) in [5, 5.41) is 8.55. The molecule has 36 heavy (non-hydrogen) atoms. The number of hydrogen-bond donors (Lipinski definition) is 2.